The highest BCUT2D eigenvalue weighted by molar-refractivity contribution is 6.36. The Bertz CT molecular complexity index is 1820. The van der Waals surface area contributed by atoms with Crippen molar-refractivity contribution in [2.75, 3.05) is 4.90 Å². The van der Waals surface area contributed by atoms with Crippen LogP contribution < -0.4 is 9.64 Å². The standard InChI is InChI=1S/C31H19ClN2O6/c32-22-12-11-18(34(38)39)14-23(22)33-29(35)26-20(16-6-2-1-3-7-16)15-21-25-19-9-5-4-8-17(19)10-13-24(25)40-31(37)27(21)28(26)30(33)36/h1-15,20,26-28H/t20-,26+,27-,28+/m1/s1. The van der Waals surface area contributed by atoms with E-state index in [1.807, 2.05) is 66.7 Å². The average Bonchev–Trinajstić information content (AvgIpc) is 3.22. The zero-order valence-corrected chi connectivity index (χ0v) is 21.4. The maximum Gasteiger partial charge on any atom is 0.319 e. The number of non-ortho nitro benzene ring substituents is 1. The van der Waals surface area contributed by atoms with E-state index >= 15 is 0 Å². The van der Waals surface area contributed by atoms with E-state index in [0.29, 0.717) is 16.9 Å². The molecule has 4 aromatic rings. The Morgan fingerprint density at radius 2 is 1.57 bits per heavy atom. The summed E-state index contributed by atoms with van der Waals surface area (Å²) in [5.74, 6) is -5.06. The van der Waals surface area contributed by atoms with Crippen LogP contribution in [0.3, 0.4) is 0 Å². The van der Waals surface area contributed by atoms with Crippen LogP contribution >= 0.6 is 11.6 Å². The van der Waals surface area contributed by atoms with Gasteiger partial charge in [0.05, 0.1) is 33.4 Å². The second-order valence-electron chi connectivity index (χ2n) is 10.1. The van der Waals surface area contributed by atoms with Crippen LogP contribution in [0.5, 0.6) is 5.75 Å². The first-order valence-electron chi connectivity index (χ1n) is 12.7. The smallest absolute Gasteiger partial charge is 0.319 e. The predicted molar refractivity (Wildman–Crippen MR) is 148 cm³/mol. The lowest BCUT2D eigenvalue weighted by molar-refractivity contribution is -0.384. The van der Waals surface area contributed by atoms with Crippen LogP contribution in [0.4, 0.5) is 11.4 Å². The van der Waals surface area contributed by atoms with E-state index in [1.165, 1.54) is 12.1 Å². The number of allylic oxidation sites excluding steroid dienone is 1. The van der Waals surface area contributed by atoms with Gasteiger partial charge in [0.2, 0.25) is 11.8 Å². The Labute approximate surface area is 232 Å². The van der Waals surface area contributed by atoms with Gasteiger partial charge in [-0.2, -0.15) is 0 Å². The SMILES string of the molecule is O=C1Oc2ccc3ccccc3c2C2=C[C@H](c3ccccc3)[C@@H]3C(=O)N(c4cc([N+](=O)[O-])ccc4Cl)C(=O)[C@@H]3[C@H]12. The normalized spacial score (nSPS) is 23.3. The Hall–Kier alpha value is -4.82. The Balaban J connectivity index is 1.46. The fourth-order valence-electron chi connectivity index (χ4n) is 6.36. The van der Waals surface area contributed by atoms with Crippen LogP contribution in [0, 0.1) is 27.9 Å². The first-order chi connectivity index (χ1) is 19.3. The van der Waals surface area contributed by atoms with Gasteiger partial charge in [0.15, 0.2) is 0 Å². The molecule has 2 amide bonds. The van der Waals surface area contributed by atoms with E-state index in [9.17, 15) is 24.5 Å². The van der Waals surface area contributed by atoms with Crippen LogP contribution in [0.1, 0.15) is 17.0 Å². The van der Waals surface area contributed by atoms with Gasteiger partial charge in [0.1, 0.15) is 5.75 Å². The van der Waals surface area contributed by atoms with E-state index in [1.54, 1.807) is 6.07 Å². The van der Waals surface area contributed by atoms with E-state index < -0.39 is 46.4 Å². The van der Waals surface area contributed by atoms with Gasteiger partial charge < -0.3 is 4.74 Å². The molecule has 0 saturated carbocycles. The van der Waals surface area contributed by atoms with Crippen molar-refractivity contribution >= 4 is 57.1 Å². The van der Waals surface area contributed by atoms with Crippen molar-refractivity contribution in [1.82, 2.24) is 0 Å². The molecule has 2 heterocycles. The molecule has 0 bridgehead atoms. The summed E-state index contributed by atoms with van der Waals surface area (Å²) in [7, 11) is 0. The van der Waals surface area contributed by atoms with Gasteiger partial charge in [0, 0.05) is 23.6 Å². The number of imide groups is 1. The number of amides is 2. The molecular weight excluding hydrogens is 532 g/mol. The zero-order chi connectivity index (χ0) is 27.7. The number of nitro benzene ring substituents is 1. The molecule has 40 heavy (non-hydrogen) atoms. The second-order valence-corrected chi connectivity index (χ2v) is 10.5. The number of fused-ring (bicyclic) bond motifs is 7. The molecule has 1 saturated heterocycles. The van der Waals surface area contributed by atoms with Gasteiger partial charge in [-0.1, -0.05) is 78.3 Å². The van der Waals surface area contributed by atoms with Gasteiger partial charge in [-0.25, -0.2) is 4.90 Å². The van der Waals surface area contributed by atoms with Crippen molar-refractivity contribution in [2.24, 2.45) is 17.8 Å². The van der Waals surface area contributed by atoms with Gasteiger partial charge in [-0.3, -0.25) is 24.5 Å². The molecule has 0 aromatic heterocycles. The van der Waals surface area contributed by atoms with Crippen molar-refractivity contribution in [3.63, 3.8) is 0 Å². The fraction of sp³-hybridized carbons (Fsp3) is 0.129. The van der Waals surface area contributed by atoms with Crippen LogP contribution in [0.25, 0.3) is 16.3 Å². The number of esters is 1. The van der Waals surface area contributed by atoms with Crippen LogP contribution in [-0.2, 0) is 14.4 Å². The van der Waals surface area contributed by atoms with Gasteiger partial charge in [0.25, 0.3) is 5.69 Å². The zero-order valence-electron chi connectivity index (χ0n) is 20.7. The van der Waals surface area contributed by atoms with E-state index in [0.717, 1.165) is 27.3 Å². The second kappa shape index (κ2) is 8.86. The Morgan fingerprint density at radius 3 is 2.35 bits per heavy atom. The van der Waals surface area contributed by atoms with Crippen LogP contribution in [0.15, 0.2) is 91.0 Å². The Morgan fingerprint density at radius 1 is 0.850 bits per heavy atom. The molecule has 0 spiro atoms. The molecule has 0 radical (unpaired) electrons. The minimum Gasteiger partial charge on any atom is -0.425 e. The number of nitrogens with zero attached hydrogens (tertiary/aromatic N) is 2. The number of carbonyl (C=O) groups is 3. The summed E-state index contributed by atoms with van der Waals surface area (Å²) >= 11 is 6.39. The van der Waals surface area contributed by atoms with E-state index in [-0.39, 0.29) is 16.4 Å². The minimum absolute atomic E-state index is 0.0120. The summed E-state index contributed by atoms with van der Waals surface area (Å²) < 4.78 is 5.78. The van der Waals surface area contributed by atoms with Crippen molar-refractivity contribution < 1.29 is 24.0 Å². The van der Waals surface area contributed by atoms with E-state index in [4.69, 9.17) is 16.3 Å². The summed E-state index contributed by atoms with van der Waals surface area (Å²) in [6.07, 6.45) is 1.91. The molecule has 1 fully saturated rings. The maximum absolute atomic E-state index is 14.2. The molecule has 196 valence electrons. The molecule has 7 rings (SSSR count). The number of halogens is 1. The van der Waals surface area contributed by atoms with Crippen molar-refractivity contribution in [1.29, 1.82) is 0 Å². The topological polar surface area (TPSA) is 107 Å². The number of benzene rings is 4. The maximum atomic E-state index is 14.2. The fourth-order valence-corrected chi connectivity index (χ4v) is 6.56. The highest BCUT2D eigenvalue weighted by atomic mass is 35.5. The third-order valence-corrected chi connectivity index (χ3v) is 8.37. The van der Waals surface area contributed by atoms with Crippen molar-refractivity contribution in [3.05, 3.63) is 117 Å². The van der Waals surface area contributed by atoms with Gasteiger partial charge >= 0.3 is 5.97 Å². The molecule has 8 nitrogen and oxygen atoms in total. The highest BCUT2D eigenvalue weighted by Crippen LogP contribution is 2.56. The lowest BCUT2D eigenvalue weighted by Gasteiger charge is -2.38. The first-order valence-corrected chi connectivity index (χ1v) is 13.0. The number of nitro groups is 1. The summed E-state index contributed by atoms with van der Waals surface area (Å²) in [6.45, 7) is 0. The van der Waals surface area contributed by atoms with Crippen LogP contribution in [0.2, 0.25) is 5.02 Å². The quantitative estimate of drug-likeness (QED) is 0.103. The predicted octanol–water partition coefficient (Wildman–Crippen LogP) is 5.92. The van der Waals surface area contributed by atoms with Crippen molar-refractivity contribution in [2.45, 2.75) is 5.92 Å². The summed E-state index contributed by atoms with van der Waals surface area (Å²) in [5, 5.41) is 13.3. The summed E-state index contributed by atoms with van der Waals surface area (Å²) in [4.78, 5) is 53.6. The molecular formula is C31H19ClN2O6. The number of ether oxygens (including phenoxy) is 1. The third-order valence-electron chi connectivity index (χ3n) is 8.05. The van der Waals surface area contributed by atoms with Gasteiger partial charge in [-0.05, 0) is 34.0 Å². The van der Waals surface area contributed by atoms with Crippen molar-refractivity contribution in [3.8, 4) is 5.75 Å². The van der Waals surface area contributed by atoms with Crippen LogP contribution in [-0.4, -0.2) is 22.7 Å². The number of hydrogen-bond donors (Lipinski definition) is 0. The lowest BCUT2D eigenvalue weighted by atomic mass is 9.64. The average molecular weight is 551 g/mol. The van der Waals surface area contributed by atoms with E-state index in [2.05, 4.69) is 0 Å². The Kier molecular flexibility index (Phi) is 5.37. The molecule has 0 unspecified atom stereocenters. The highest BCUT2D eigenvalue weighted by Gasteiger charge is 2.60. The molecule has 2 aliphatic heterocycles. The minimum atomic E-state index is -1.09. The summed E-state index contributed by atoms with van der Waals surface area (Å²) in [5.41, 5.74) is 1.76. The first kappa shape index (κ1) is 24.2. The lowest BCUT2D eigenvalue weighted by Crippen LogP contribution is -2.42. The molecule has 4 aromatic carbocycles. The number of hydrogen-bond acceptors (Lipinski definition) is 6. The summed E-state index contributed by atoms with van der Waals surface area (Å²) in [6, 6.07) is 24.2. The number of carbonyl (C=O) groups excluding carboxylic acids is 3. The molecule has 0 N–H and O–H groups in total. The molecule has 1 aliphatic carbocycles. The molecule has 3 aliphatic rings. The third kappa shape index (κ3) is 3.42. The molecule has 9 heteroatoms. The number of anilines is 1. The van der Waals surface area contributed by atoms with Gasteiger partial charge in [-0.15, -0.1) is 0 Å². The molecule has 4 atom stereocenters. The number of rotatable bonds is 3. The largest absolute Gasteiger partial charge is 0.425 e. The monoisotopic (exact) mass is 550 g/mol.